The van der Waals surface area contributed by atoms with Gasteiger partial charge in [0.25, 0.3) is 0 Å². The number of ether oxygens (including phenoxy) is 1. The van der Waals surface area contributed by atoms with Gasteiger partial charge in [-0.15, -0.1) is 11.6 Å². The summed E-state index contributed by atoms with van der Waals surface area (Å²) in [6.45, 7) is 4.17. The molecule has 0 bridgehead atoms. The third kappa shape index (κ3) is 2.15. The fourth-order valence-corrected chi connectivity index (χ4v) is 1.49. The van der Waals surface area contributed by atoms with Crippen molar-refractivity contribution >= 4 is 11.6 Å². The molecule has 0 aliphatic heterocycles. The Morgan fingerprint density at radius 2 is 2.31 bits per heavy atom. The summed E-state index contributed by atoms with van der Waals surface area (Å²) in [6.07, 6.45) is 2.53. The molecule has 13 heavy (non-hydrogen) atoms. The molecule has 0 fully saturated rings. The van der Waals surface area contributed by atoms with Gasteiger partial charge in [0.1, 0.15) is 0 Å². The summed E-state index contributed by atoms with van der Waals surface area (Å²) in [5, 5.41) is 4.24. The highest BCUT2D eigenvalue weighted by Crippen LogP contribution is 2.21. The minimum absolute atomic E-state index is 0.349. The van der Waals surface area contributed by atoms with E-state index in [1.54, 1.807) is 13.3 Å². The summed E-state index contributed by atoms with van der Waals surface area (Å²) in [6, 6.07) is 0.349. The molecule has 4 heteroatoms. The minimum atomic E-state index is 0.349. The van der Waals surface area contributed by atoms with Crippen molar-refractivity contribution < 1.29 is 4.74 Å². The van der Waals surface area contributed by atoms with Crippen LogP contribution >= 0.6 is 11.6 Å². The van der Waals surface area contributed by atoms with E-state index >= 15 is 0 Å². The molecule has 0 saturated heterocycles. The van der Waals surface area contributed by atoms with Crippen LogP contribution in [-0.2, 0) is 6.42 Å². The number of methoxy groups -OCH3 is 1. The first-order chi connectivity index (χ1) is 6.20. The van der Waals surface area contributed by atoms with Crippen LogP contribution in [0.2, 0.25) is 0 Å². The monoisotopic (exact) mass is 202 g/mol. The van der Waals surface area contributed by atoms with Gasteiger partial charge in [-0.25, -0.2) is 0 Å². The van der Waals surface area contributed by atoms with E-state index in [9.17, 15) is 0 Å². The maximum Gasteiger partial charge on any atom is 0.159 e. The number of rotatable bonds is 4. The van der Waals surface area contributed by atoms with Crippen LogP contribution in [0.15, 0.2) is 6.20 Å². The number of hydrogen-bond acceptors (Lipinski definition) is 2. The maximum atomic E-state index is 5.70. The fourth-order valence-electron chi connectivity index (χ4n) is 1.31. The lowest BCUT2D eigenvalue weighted by atomic mass is 10.3. The third-order valence-electron chi connectivity index (χ3n) is 1.90. The van der Waals surface area contributed by atoms with Gasteiger partial charge in [-0.2, -0.15) is 5.10 Å². The van der Waals surface area contributed by atoms with Gasteiger partial charge in [0.15, 0.2) is 5.75 Å². The first-order valence-corrected chi connectivity index (χ1v) is 4.90. The Labute approximate surface area is 83.6 Å². The quantitative estimate of drug-likeness (QED) is 0.701. The van der Waals surface area contributed by atoms with Crippen molar-refractivity contribution in [3.8, 4) is 5.75 Å². The number of hydrogen-bond donors (Lipinski definition) is 0. The summed E-state index contributed by atoms with van der Waals surface area (Å²) >= 11 is 5.70. The number of nitrogens with zero attached hydrogens (tertiary/aromatic N) is 2. The average Bonchev–Trinajstić information content (AvgIpc) is 2.48. The van der Waals surface area contributed by atoms with Crippen LogP contribution < -0.4 is 4.74 Å². The topological polar surface area (TPSA) is 27.1 Å². The summed E-state index contributed by atoms with van der Waals surface area (Å²) in [7, 11) is 1.65. The van der Waals surface area contributed by atoms with Crippen molar-refractivity contribution in [2.45, 2.75) is 26.3 Å². The Kier molecular flexibility index (Phi) is 3.60. The normalized spacial score (nSPS) is 10.8. The molecule has 0 saturated carbocycles. The van der Waals surface area contributed by atoms with Crippen LogP contribution in [0.4, 0.5) is 0 Å². The van der Waals surface area contributed by atoms with Crippen molar-refractivity contribution in [2.75, 3.05) is 13.0 Å². The van der Waals surface area contributed by atoms with E-state index in [2.05, 4.69) is 18.9 Å². The highest BCUT2D eigenvalue weighted by atomic mass is 35.5. The molecule has 0 aromatic carbocycles. The molecule has 0 atom stereocenters. The first-order valence-electron chi connectivity index (χ1n) is 4.37. The summed E-state index contributed by atoms with van der Waals surface area (Å²) in [5.41, 5.74) is 1.08. The lowest BCUT2D eigenvalue weighted by Gasteiger charge is -2.10. The second-order valence-corrected chi connectivity index (χ2v) is 3.51. The van der Waals surface area contributed by atoms with E-state index in [0.29, 0.717) is 11.9 Å². The van der Waals surface area contributed by atoms with Crippen LogP contribution in [0.5, 0.6) is 5.75 Å². The van der Waals surface area contributed by atoms with Crippen LogP contribution in [-0.4, -0.2) is 22.8 Å². The second-order valence-electron chi connectivity index (χ2n) is 3.14. The number of aromatic nitrogens is 2. The lowest BCUT2D eigenvalue weighted by Crippen LogP contribution is -2.08. The lowest BCUT2D eigenvalue weighted by molar-refractivity contribution is 0.405. The molecular weight excluding hydrogens is 188 g/mol. The maximum absolute atomic E-state index is 5.70. The predicted molar refractivity (Wildman–Crippen MR) is 53.6 cm³/mol. The van der Waals surface area contributed by atoms with Crippen molar-refractivity contribution in [3.63, 3.8) is 0 Å². The molecule has 0 unspecified atom stereocenters. The highest BCUT2D eigenvalue weighted by molar-refractivity contribution is 6.17. The molecule has 0 N–H and O–H groups in total. The van der Waals surface area contributed by atoms with Crippen LogP contribution in [0, 0.1) is 0 Å². The van der Waals surface area contributed by atoms with Crippen molar-refractivity contribution in [3.05, 3.63) is 11.9 Å². The van der Waals surface area contributed by atoms with Crippen molar-refractivity contribution in [1.82, 2.24) is 9.78 Å². The van der Waals surface area contributed by atoms with E-state index in [4.69, 9.17) is 16.3 Å². The molecular formula is C9H15ClN2O. The summed E-state index contributed by atoms with van der Waals surface area (Å²) < 4.78 is 7.13. The predicted octanol–water partition coefficient (Wildman–Crippen LogP) is 2.25. The Hall–Kier alpha value is -0.700. The van der Waals surface area contributed by atoms with Gasteiger partial charge in [0.05, 0.1) is 19.0 Å². The van der Waals surface area contributed by atoms with Crippen LogP contribution in [0.25, 0.3) is 0 Å². The first kappa shape index (κ1) is 10.4. The molecule has 0 spiro atoms. The Morgan fingerprint density at radius 1 is 1.62 bits per heavy atom. The molecule has 1 heterocycles. The Morgan fingerprint density at radius 3 is 2.77 bits per heavy atom. The zero-order valence-corrected chi connectivity index (χ0v) is 9.01. The van der Waals surface area contributed by atoms with Gasteiger partial charge in [0.2, 0.25) is 0 Å². The van der Waals surface area contributed by atoms with Gasteiger partial charge < -0.3 is 4.74 Å². The minimum Gasteiger partial charge on any atom is -0.493 e. The van der Waals surface area contributed by atoms with Gasteiger partial charge in [-0.1, -0.05) is 0 Å². The molecule has 1 rings (SSSR count). The van der Waals surface area contributed by atoms with Gasteiger partial charge in [-0.05, 0) is 13.8 Å². The summed E-state index contributed by atoms with van der Waals surface area (Å²) in [5.74, 6) is 1.42. The van der Waals surface area contributed by atoms with Gasteiger partial charge in [0, 0.05) is 18.3 Å². The fraction of sp³-hybridized carbons (Fsp3) is 0.667. The molecule has 0 aliphatic rings. The molecule has 1 aromatic rings. The smallest absolute Gasteiger partial charge is 0.159 e. The van der Waals surface area contributed by atoms with E-state index < -0.39 is 0 Å². The van der Waals surface area contributed by atoms with Gasteiger partial charge >= 0.3 is 0 Å². The van der Waals surface area contributed by atoms with Crippen LogP contribution in [0.1, 0.15) is 25.6 Å². The zero-order valence-electron chi connectivity index (χ0n) is 8.25. The number of halogens is 1. The Bertz CT molecular complexity index is 271. The van der Waals surface area contributed by atoms with E-state index in [-0.39, 0.29) is 0 Å². The largest absolute Gasteiger partial charge is 0.493 e. The van der Waals surface area contributed by atoms with E-state index in [0.717, 1.165) is 17.9 Å². The molecule has 3 nitrogen and oxygen atoms in total. The average molecular weight is 203 g/mol. The molecule has 0 amide bonds. The standard InChI is InChI=1S/C9H15ClN2O/c1-7(2)12-8(4-5-10)9(13-3)6-11-12/h6-7H,4-5H2,1-3H3. The highest BCUT2D eigenvalue weighted by Gasteiger charge is 2.12. The third-order valence-corrected chi connectivity index (χ3v) is 2.09. The van der Waals surface area contributed by atoms with E-state index in [1.165, 1.54) is 0 Å². The van der Waals surface area contributed by atoms with E-state index in [1.807, 2.05) is 4.68 Å². The second kappa shape index (κ2) is 4.51. The van der Waals surface area contributed by atoms with Gasteiger partial charge in [-0.3, -0.25) is 4.68 Å². The summed E-state index contributed by atoms with van der Waals surface area (Å²) in [4.78, 5) is 0. The molecule has 0 radical (unpaired) electrons. The zero-order chi connectivity index (χ0) is 9.84. The van der Waals surface area contributed by atoms with Crippen molar-refractivity contribution in [2.24, 2.45) is 0 Å². The molecule has 0 aliphatic carbocycles. The number of alkyl halides is 1. The van der Waals surface area contributed by atoms with Crippen molar-refractivity contribution in [1.29, 1.82) is 0 Å². The molecule has 74 valence electrons. The van der Waals surface area contributed by atoms with Crippen LogP contribution in [0.3, 0.4) is 0 Å². The SMILES string of the molecule is COc1cnn(C(C)C)c1CCCl. The Balaban J connectivity index is 2.99. The molecule has 1 aromatic heterocycles.